The van der Waals surface area contributed by atoms with Gasteiger partial charge in [-0.3, -0.25) is 14.7 Å². The first-order valence-corrected chi connectivity index (χ1v) is 14.0. The summed E-state index contributed by atoms with van der Waals surface area (Å²) < 4.78 is 26.8. The van der Waals surface area contributed by atoms with Crippen molar-refractivity contribution in [3.8, 4) is 0 Å². The third-order valence-electron chi connectivity index (χ3n) is 5.24. The summed E-state index contributed by atoms with van der Waals surface area (Å²) in [4.78, 5) is 52.7. The Morgan fingerprint density at radius 1 is 0.667 bits per heavy atom. The molecule has 1 heterocycles. The van der Waals surface area contributed by atoms with Gasteiger partial charge >= 0.3 is 26.7 Å². The highest BCUT2D eigenvalue weighted by molar-refractivity contribution is 6.60. The quantitative estimate of drug-likeness (QED) is 0.0885. The summed E-state index contributed by atoms with van der Waals surface area (Å²) in [6.45, 7) is 1.25. The van der Waals surface area contributed by atoms with Gasteiger partial charge in [0.25, 0.3) is 0 Å². The van der Waals surface area contributed by atoms with E-state index in [1.807, 2.05) is 0 Å². The maximum absolute atomic E-state index is 12.6. The van der Waals surface area contributed by atoms with Crippen LogP contribution in [0, 0.1) is 0 Å². The zero-order valence-electron chi connectivity index (χ0n) is 20.8. The first-order chi connectivity index (χ1) is 19.0. The van der Waals surface area contributed by atoms with Gasteiger partial charge in [-0.05, 0) is 42.8 Å². The van der Waals surface area contributed by atoms with E-state index < -0.39 is 26.7 Å². The Kier molecular flexibility index (Phi) is 10.3. The molecule has 1 saturated heterocycles. The fourth-order valence-corrected chi connectivity index (χ4v) is 4.63. The SMILES string of the molecule is O=C(OO[Si](CCCOCC1CO1)(OOC(=O)c1ccccc1)OOC(=O)c1ccccc1)c1ccccc1. The zero-order chi connectivity index (χ0) is 27.3. The number of hydrogen-bond acceptors (Lipinski definition) is 11. The van der Waals surface area contributed by atoms with E-state index in [4.69, 9.17) is 37.9 Å². The lowest BCUT2D eigenvalue weighted by atomic mass is 10.2. The van der Waals surface area contributed by atoms with E-state index in [0.29, 0.717) is 13.2 Å². The minimum absolute atomic E-state index is 0.0567. The Labute approximate surface area is 225 Å². The van der Waals surface area contributed by atoms with E-state index in [9.17, 15) is 14.4 Å². The largest absolute Gasteiger partial charge is 0.619 e. The summed E-state index contributed by atoms with van der Waals surface area (Å²) in [6, 6.07) is 23.9. The van der Waals surface area contributed by atoms with E-state index >= 15 is 0 Å². The summed E-state index contributed by atoms with van der Waals surface area (Å²) in [7, 11) is -4.38. The molecular formula is C27H26O11Si. The third kappa shape index (κ3) is 9.10. The van der Waals surface area contributed by atoms with Gasteiger partial charge < -0.3 is 9.47 Å². The Morgan fingerprint density at radius 3 is 1.41 bits per heavy atom. The van der Waals surface area contributed by atoms with Crippen LogP contribution in [0.25, 0.3) is 0 Å². The Balaban J connectivity index is 1.49. The lowest BCUT2D eigenvalue weighted by Crippen LogP contribution is -2.47. The van der Waals surface area contributed by atoms with Crippen LogP contribution in [0.5, 0.6) is 0 Å². The Morgan fingerprint density at radius 2 is 1.05 bits per heavy atom. The number of rotatable bonds is 15. The van der Waals surface area contributed by atoms with Crippen LogP contribution in [-0.4, -0.2) is 52.6 Å². The van der Waals surface area contributed by atoms with Crippen molar-refractivity contribution in [1.29, 1.82) is 0 Å². The van der Waals surface area contributed by atoms with Crippen LogP contribution < -0.4 is 0 Å². The van der Waals surface area contributed by atoms with E-state index in [0.717, 1.165) is 0 Å². The van der Waals surface area contributed by atoms with Gasteiger partial charge in [0.1, 0.15) is 6.10 Å². The van der Waals surface area contributed by atoms with Crippen LogP contribution in [0.3, 0.4) is 0 Å². The second-order valence-electron chi connectivity index (χ2n) is 8.28. The first kappa shape index (κ1) is 28.1. The average Bonchev–Trinajstić information content (AvgIpc) is 3.83. The lowest BCUT2D eigenvalue weighted by Gasteiger charge is -2.24. The molecule has 0 saturated carbocycles. The van der Waals surface area contributed by atoms with E-state index in [1.165, 1.54) is 36.4 Å². The van der Waals surface area contributed by atoms with Crippen LogP contribution in [0.4, 0.5) is 0 Å². The molecule has 1 unspecified atom stereocenters. The van der Waals surface area contributed by atoms with Crippen molar-refractivity contribution >= 4 is 26.7 Å². The van der Waals surface area contributed by atoms with E-state index in [1.54, 1.807) is 54.6 Å². The molecule has 11 nitrogen and oxygen atoms in total. The van der Waals surface area contributed by atoms with Gasteiger partial charge in [-0.15, -0.1) is 0 Å². The van der Waals surface area contributed by atoms with Crippen molar-refractivity contribution in [2.45, 2.75) is 18.6 Å². The highest BCUT2D eigenvalue weighted by Gasteiger charge is 2.51. The topological polar surface area (TPSA) is 128 Å². The number of benzene rings is 3. The number of carbonyl (C=O) groups is 3. The third-order valence-corrected chi connectivity index (χ3v) is 7.22. The van der Waals surface area contributed by atoms with Gasteiger partial charge in [-0.25, -0.2) is 14.4 Å². The average molecular weight is 555 g/mol. The maximum Gasteiger partial charge on any atom is 0.619 e. The van der Waals surface area contributed by atoms with Crippen LogP contribution >= 0.6 is 0 Å². The van der Waals surface area contributed by atoms with Gasteiger partial charge in [0.2, 0.25) is 0 Å². The molecule has 12 heteroatoms. The summed E-state index contributed by atoms with van der Waals surface area (Å²) in [5.74, 6) is -2.61. The molecule has 0 spiro atoms. The summed E-state index contributed by atoms with van der Waals surface area (Å²) in [5, 5.41) is 0. The first-order valence-electron chi connectivity index (χ1n) is 12.1. The monoisotopic (exact) mass is 554 g/mol. The molecule has 1 aliphatic heterocycles. The molecule has 0 N–H and O–H groups in total. The summed E-state index contributed by atoms with van der Waals surface area (Å²) in [5.41, 5.74) is 0.530. The molecular weight excluding hydrogens is 528 g/mol. The second kappa shape index (κ2) is 14.3. The molecule has 0 radical (unpaired) electrons. The maximum atomic E-state index is 12.6. The van der Waals surface area contributed by atoms with Crippen molar-refractivity contribution in [2.24, 2.45) is 0 Å². The standard InChI is InChI=1S/C27H26O11Si/c28-25(21-11-4-1-5-12-21)33-36-39(18-10-17-31-19-24-20-32-24,37-34-26(29)22-13-6-2-7-14-22)38-35-27(30)23-15-8-3-9-16-23/h1-9,11-16,24H,10,17-20H2. The molecule has 4 rings (SSSR count). The normalized spacial score (nSPS) is 14.3. The lowest BCUT2D eigenvalue weighted by molar-refractivity contribution is -0.311. The van der Waals surface area contributed by atoms with Gasteiger partial charge in [0.05, 0.1) is 29.9 Å². The Hall–Kier alpha value is -3.91. The van der Waals surface area contributed by atoms with Crippen LogP contribution in [0.15, 0.2) is 91.0 Å². The van der Waals surface area contributed by atoms with Gasteiger partial charge in [-0.2, -0.15) is 13.7 Å². The van der Waals surface area contributed by atoms with Crippen molar-refractivity contribution < 1.29 is 52.3 Å². The molecule has 39 heavy (non-hydrogen) atoms. The molecule has 1 atom stereocenters. The molecule has 3 aromatic rings. The number of carbonyl (C=O) groups excluding carboxylic acids is 3. The molecule has 204 valence electrons. The number of hydrogen-bond donors (Lipinski definition) is 0. The fourth-order valence-electron chi connectivity index (χ4n) is 3.11. The minimum Gasteiger partial charge on any atom is -0.379 e. The molecule has 0 amide bonds. The highest BCUT2D eigenvalue weighted by atomic mass is 28.4. The molecule has 1 fully saturated rings. The van der Waals surface area contributed by atoms with Crippen LogP contribution in [0.2, 0.25) is 6.04 Å². The van der Waals surface area contributed by atoms with Crippen molar-refractivity contribution in [3.05, 3.63) is 108 Å². The number of epoxide rings is 1. The van der Waals surface area contributed by atoms with Gasteiger partial charge in [0.15, 0.2) is 0 Å². The summed E-state index contributed by atoms with van der Waals surface area (Å²) in [6.07, 6.45) is 0.300. The van der Waals surface area contributed by atoms with Gasteiger partial charge in [-0.1, -0.05) is 54.6 Å². The van der Waals surface area contributed by atoms with Crippen molar-refractivity contribution in [1.82, 2.24) is 0 Å². The van der Waals surface area contributed by atoms with Crippen LogP contribution in [-0.2, 0) is 37.9 Å². The van der Waals surface area contributed by atoms with Crippen molar-refractivity contribution in [2.75, 3.05) is 19.8 Å². The predicted molar refractivity (Wildman–Crippen MR) is 135 cm³/mol. The van der Waals surface area contributed by atoms with Gasteiger partial charge in [0, 0.05) is 12.7 Å². The molecule has 0 aromatic heterocycles. The molecule has 3 aromatic carbocycles. The van der Waals surface area contributed by atoms with Crippen molar-refractivity contribution in [3.63, 3.8) is 0 Å². The molecule has 0 bridgehead atoms. The summed E-state index contributed by atoms with van der Waals surface area (Å²) >= 11 is 0. The molecule has 0 aliphatic carbocycles. The van der Waals surface area contributed by atoms with Crippen LogP contribution in [0.1, 0.15) is 37.5 Å². The minimum atomic E-state index is -4.38. The highest BCUT2D eigenvalue weighted by Crippen LogP contribution is 2.23. The smallest absolute Gasteiger partial charge is 0.379 e. The Bertz CT molecular complexity index is 1070. The predicted octanol–water partition coefficient (Wildman–Crippen LogP) is 4.10. The van der Waals surface area contributed by atoms with E-state index in [-0.39, 0.29) is 41.9 Å². The second-order valence-corrected chi connectivity index (χ2v) is 10.6. The van der Waals surface area contributed by atoms with E-state index in [2.05, 4.69) is 0 Å². The zero-order valence-corrected chi connectivity index (χ0v) is 21.8. The molecule has 1 aliphatic rings. The number of ether oxygens (including phenoxy) is 2. The fraction of sp³-hybridized carbons (Fsp3) is 0.222.